The maximum Gasteiger partial charge on any atom is 0.250 e. The van der Waals surface area contributed by atoms with Crippen LogP contribution < -0.4 is 10.9 Å². The van der Waals surface area contributed by atoms with Gasteiger partial charge in [-0.25, -0.2) is 0 Å². The van der Waals surface area contributed by atoms with Crippen LogP contribution in [0.15, 0.2) is 23.0 Å². The van der Waals surface area contributed by atoms with Crippen LogP contribution in [-0.2, 0) is 11.3 Å². The van der Waals surface area contributed by atoms with Crippen LogP contribution >= 0.6 is 12.2 Å². The Morgan fingerprint density at radius 2 is 1.82 bits per heavy atom. The van der Waals surface area contributed by atoms with Gasteiger partial charge in [0, 0.05) is 50.4 Å². The number of amides is 1. The monoisotopic (exact) mass is 402 g/mol. The number of aromatic nitrogens is 1. The summed E-state index contributed by atoms with van der Waals surface area (Å²) in [5.74, 6) is 2.00. The second-order valence-corrected chi connectivity index (χ2v) is 9.39. The first-order chi connectivity index (χ1) is 13.4. The predicted octanol–water partition coefficient (Wildman–Crippen LogP) is 1.65. The first-order valence-electron chi connectivity index (χ1n) is 10.4. The Kier molecular flexibility index (Phi) is 5.45. The van der Waals surface area contributed by atoms with Gasteiger partial charge in [-0.1, -0.05) is 19.9 Å². The zero-order valence-electron chi connectivity index (χ0n) is 16.8. The van der Waals surface area contributed by atoms with E-state index in [0.717, 1.165) is 44.8 Å². The highest BCUT2D eigenvalue weighted by Gasteiger charge is 2.35. The number of nitrogens with one attached hydrogen (secondary N) is 1. The van der Waals surface area contributed by atoms with Crippen molar-refractivity contribution in [3.05, 3.63) is 34.2 Å². The molecule has 0 aliphatic carbocycles. The third-order valence-corrected chi connectivity index (χ3v) is 6.78. The largest absolute Gasteiger partial charge is 0.353 e. The summed E-state index contributed by atoms with van der Waals surface area (Å²) < 4.78 is 1.93. The summed E-state index contributed by atoms with van der Waals surface area (Å²) in [4.78, 5) is 28.9. The number of fused-ring (bicyclic) bond motifs is 4. The van der Waals surface area contributed by atoms with Crippen LogP contribution in [0.3, 0.4) is 0 Å². The Labute approximate surface area is 171 Å². The first-order valence-corrected chi connectivity index (χ1v) is 10.8. The number of hydrogen-bond donors (Lipinski definition) is 1. The molecule has 0 radical (unpaired) electrons. The zero-order chi connectivity index (χ0) is 19.8. The van der Waals surface area contributed by atoms with E-state index in [1.165, 1.54) is 6.42 Å². The van der Waals surface area contributed by atoms with Gasteiger partial charge in [0.1, 0.15) is 0 Å². The molecule has 1 N–H and O–H groups in total. The van der Waals surface area contributed by atoms with E-state index >= 15 is 0 Å². The third kappa shape index (κ3) is 3.95. The molecule has 1 amide bonds. The summed E-state index contributed by atoms with van der Waals surface area (Å²) in [5.41, 5.74) is 1.21. The van der Waals surface area contributed by atoms with Gasteiger partial charge in [0.05, 0.1) is 6.54 Å². The highest BCUT2D eigenvalue weighted by molar-refractivity contribution is 7.80. The molecule has 2 bridgehead atoms. The van der Waals surface area contributed by atoms with Crippen molar-refractivity contribution in [3.63, 3.8) is 0 Å². The van der Waals surface area contributed by atoms with Crippen LogP contribution in [0, 0.1) is 17.8 Å². The predicted molar refractivity (Wildman–Crippen MR) is 113 cm³/mol. The van der Waals surface area contributed by atoms with Gasteiger partial charge < -0.3 is 19.7 Å². The molecule has 2 fully saturated rings. The Balaban J connectivity index is 1.35. The van der Waals surface area contributed by atoms with Gasteiger partial charge in [0.25, 0.3) is 5.56 Å². The summed E-state index contributed by atoms with van der Waals surface area (Å²) >= 11 is 5.62. The standard InChI is InChI=1S/C21H30N4O2S/c1-14-6-15(2)10-23(9-14)20(27)8-22-21(28)24-11-16-7-17(13-24)18-4-3-5-19(26)25(18)12-16/h3-5,14-17H,6-13H2,1-2H3,(H,22,28)/t14-,15-,16+,17-/m0/s1. The molecular formula is C21H30N4O2S. The van der Waals surface area contributed by atoms with E-state index in [9.17, 15) is 9.59 Å². The molecule has 7 heteroatoms. The van der Waals surface area contributed by atoms with Crippen molar-refractivity contribution in [1.29, 1.82) is 0 Å². The molecule has 3 aliphatic rings. The van der Waals surface area contributed by atoms with Crippen molar-refractivity contribution in [2.45, 2.75) is 39.2 Å². The number of pyridine rings is 1. The lowest BCUT2D eigenvalue weighted by atomic mass is 9.83. The minimum atomic E-state index is 0.0944. The summed E-state index contributed by atoms with van der Waals surface area (Å²) in [6, 6.07) is 5.55. The summed E-state index contributed by atoms with van der Waals surface area (Å²) in [5, 5.41) is 3.86. The van der Waals surface area contributed by atoms with Gasteiger partial charge in [-0.3, -0.25) is 9.59 Å². The number of likely N-dealkylation sites (tertiary alicyclic amines) is 2. The highest BCUT2D eigenvalue weighted by Crippen LogP contribution is 2.34. The zero-order valence-corrected chi connectivity index (χ0v) is 17.6. The number of carbonyl (C=O) groups excluding carboxylic acids is 1. The van der Waals surface area contributed by atoms with Crippen LogP contribution in [0.1, 0.15) is 38.3 Å². The van der Waals surface area contributed by atoms with Gasteiger partial charge in [-0.2, -0.15) is 0 Å². The summed E-state index contributed by atoms with van der Waals surface area (Å²) in [6.07, 6.45) is 2.29. The third-order valence-electron chi connectivity index (χ3n) is 6.38. The van der Waals surface area contributed by atoms with Crippen LogP contribution in [-0.4, -0.2) is 58.1 Å². The fourth-order valence-electron chi connectivity index (χ4n) is 5.30. The van der Waals surface area contributed by atoms with Crippen molar-refractivity contribution in [1.82, 2.24) is 19.7 Å². The van der Waals surface area contributed by atoms with Crippen LogP contribution in [0.5, 0.6) is 0 Å². The second-order valence-electron chi connectivity index (χ2n) is 9.01. The van der Waals surface area contributed by atoms with Gasteiger partial charge >= 0.3 is 0 Å². The molecule has 0 saturated carbocycles. The molecule has 4 atom stereocenters. The number of hydrogen-bond acceptors (Lipinski definition) is 3. The number of carbonyl (C=O) groups is 1. The highest BCUT2D eigenvalue weighted by atomic mass is 32.1. The minimum absolute atomic E-state index is 0.0944. The van der Waals surface area contributed by atoms with Crippen LogP contribution in [0.25, 0.3) is 0 Å². The van der Waals surface area contributed by atoms with Crippen LogP contribution in [0.2, 0.25) is 0 Å². The van der Waals surface area contributed by atoms with Crippen molar-refractivity contribution in [2.75, 3.05) is 32.7 Å². The van der Waals surface area contributed by atoms with Crippen molar-refractivity contribution in [2.24, 2.45) is 17.8 Å². The smallest absolute Gasteiger partial charge is 0.250 e. The van der Waals surface area contributed by atoms with E-state index in [1.807, 2.05) is 15.5 Å². The Morgan fingerprint density at radius 3 is 2.57 bits per heavy atom. The van der Waals surface area contributed by atoms with Gasteiger partial charge in [-0.15, -0.1) is 0 Å². The van der Waals surface area contributed by atoms with E-state index in [4.69, 9.17) is 12.2 Å². The molecule has 28 heavy (non-hydrogen) atoms. The molecule has 1 aromatic rings. The molecule has 0 aromatic carbocycles. The van der Waals surface area contributed by atoms with E-state index < -0.39 is 0 Å². The van der Waals surface area contributed by atoms with E-state index in [2.05, 4.69) is 30.1 Å². The first kappa shape index (κ1) is 19.4. The van der Waals surface area contributed by atoms with E-state index in [-0.39, 0.29) is 18.0 Å². The molecule has 6 nitrogen and oxygen atoms in total. The molecule has 3 aliphatic heterocycles. The average molecular weight is 403 g/mol. The molecule has 0 unspecified atom stereocenters. The van der Waals surface area contributed by atoms with Gasteiger partial charge in [0.2, 0.25) is 5.91 Å². The summed E-state index contributed by atoms with van der Waals surface area (Å²) in [6.45, 7) is 8.78. The number of nitrogens with zero attached hydrogens (tertiary/aromatic N) is 3. The summed E-state index contributed by atoms with van der Waals surface area (Å²) in [7, 11) is 0. The maximum atomic E-state index is 12.6. The van der Waals surface area contributed by atoms with Gasteiger partial charge in [0.15, 0.2) is 5.11 Å². The molecular weight excluding hydrogens is 372 g/mol. The normalized spacial score (nSPS) is 29.2. The molecule has 2 saturated heterocycles. The number of rotatable bonds is 2. The molecule has 4 heterocycles. The SMILES string of the molecule is C[C@H]1C[C@H](C)CN(C(=O)CNC(=S)N2C[C@H]3C[C@@H](C2)c2cccc(=O)n2C3)C1. The maximum absolute atomic E-state index is 12.6. The van der Waals surface area contributed by atoms with Crippen LogP contribution in [0.4, 0.5) is 0 Å². The fourth-order valence-corrected chi connectivity index (χ4v) is 5.52. The molecule has 152 valence electrons. The Bertz CT molecular complexity index is 813. The Hall–Kier alpha value is -1.89. The van der Waals surface area contributed by atoms with E-state index in [1.54, 1.807) is 6.07 Å². The fraction of sp³-hybridized carbons (Fsp3) is 0.667. The molecule has 0 spiro atoms. The van der Waals surface area contributed by atoms with Crippen molar-refractivity contribution >= 4 is 23.2 Å². The van der Waals surface area contributed by atoms with Crippen molar-refractivity contribution < 1.29 is 4.79 Å². The quantitative estimate of drug-likeness (QED) is 0.763. The lowest BCUT2D eigenvalue weighted by Crippen LogP contribution is -2.53. The second kappa shape index (κ2) is 7.85. The number of piperidine rings is 2. The average Bonchev–Trinajstić information content (AvgIpc) is 2.66. The topological polar surface area (TPSA) is 57.6 Å². The number of thiocarbonyl (C=S) groups is 1. The molecule has 4 rings (SSSR count). The molecule has 1 aromatic heterocycles. The Morgan fingerprint density at radius 1 is 1.07 bits per heavy atom. The van der Waals surface area contributed by atoms with Gasteiger partial charge in [-0.05, 0) is 48.9 Å². The lowest BCUT2D eigenvalue weighted by molar-refractivity contribution is -0.132. The van der Waals surface area contributed by atoms with E-state index in [0.29, 0.717) is 28.8 Å². The minimum Gasteiger partial charge on any atom is -0.353 e. The lowest BCUT2D eigenvalue weighted by Gasteiger charge is -2.43. The van der Waals surface area contributed by atoms with Crippen molar-refractivity contribution in [3.8, 4) is 0 Å².